The molecule has 2 aromatic rings. The van der Waals surface area contributed by atoms with Crippen molar-refractivity contribution in [1.82, 2.24) is 9.55 Å². The minimum atomic E-state index is -0.287. The Balaban J connectivity index is 2.04. The minimum absolute atomic E-state index is 0.287. The summed E-state index contributed by atoms with van der Waals surface area (Å²) in [7, 11) is 0. The van der Waals surface area contributed by atoms with E-state index in [9.17, 15) is 4.39 Å². The van der Waals surface area contributed by atoms with Gasteiger partial charge in [-0.25, -0.2) is 9.37 Å². The molecular formula is C13H14BrFN2O. The molecule has 2 rings (SSSR count). The maximum Gasteiger partial charge on any atom is 0.134 e. The van der Waals surface area contributed by atoms with Crippen LogP contribution in [0.3, 0.4) is 0 Å². The molecule has 18 heavy (non-hydrogen) atoms. The van der Waals surface area contributed by atoms with Crippen LogP contribution in [-0.4, -0.2) is 9.55 Å². The molecule has 0 atom stereocenters. The summed E-state index contributed by atoms with van der Waals surface area (Å²) in [5.74, 6) is 0.339. The molecule has 0 unspecified atom stereocenters. The molecule has 0 radical (unpaired) electrons. The maximum atomic E-state index is 12.9. The number of aromatic nitrogens is 2. The van der Waals surface area contributed by atoms with E-state index in [0.29, 0.717) is 16.8 Å². The van der Waals surface area contributed by atoms with Crippen molar-refractivity contribution >= 4 is 15.9 Å². The average Bonchev–Trinajstić information content (AvgIpc) is 2.76. The van der Waals surface area contributed by atoms with Gasteiger partial charge in [0.2, 0.25) is 0 Å². The number of halogens is 2. The second-order valence-electron chi connectivity index (χ2n) is 3.94. The van der Waals surface area contributed by atoms with Gasteiger partial charge < -0.3 is 9.30 Å². The van der Waals surface area contributed by atoms with Gasteiger partial charge in [0.1, 0.15) is 18.2 Å². The number of aryl methyl sites for hydroxylation is 1. The lowest BCUT2D eigenvalue weighted by atomic mass is 10.3. The van der Waals surface area contributed by atoms with Crippen LogP contribution in [0.4, 0.5) is 4.39 Å². The summed E-state index contributed by atoms with van der Waals surface area (Å²) in [5.41, 5.74) is 1.01. The fourth-order valence-electron chi connectivity index (χ4n) is 1.65. The number of imidazole rings is 1. The monoisotopic (exact) mass is 312 g/mol. The van der Waals surface area contributed by atoms with Crippen molar-refractivity contribution in [1.29, 1.82) is 0 Å². The molecule has 0 spiro atoms. The Hall–Kier alpha value is -1.36. The van der Waals surface area contributed by atoms with Gasteiger partial charge in [-0.3, -0.25) is 0 Å². The van der Waals surface area contributed by atoms with Crippen LogP contribution in [0.1, 0.15) is 19.0 Å². The fourth-order valence-corrected chi connectivity index (χ4v) is 2.12. The smallest absolute Gasteiger partial charge is 0.134 e. The molecule has 0 N–H and O–H groups in total. The van der Waals surface area contributed by atoms with Gasteiger partial charge in [-0.15, -0.1) is 0 Å². The number of rotatable bonds is 5. The highest BCUT2D eigenvalue weighted by molar-refractivity contribution is 9.10. The molecule has 0 saturated heterocycles. The van der Waals surface area contributed by atoms with Gasteiger partial charge in [-0.2, -0.15) is 0 Å². The van der Waals surface area contributed by atoms with E-state index in [1.807, 2.05) is 0 Å². The molecule has 5 heteroatoms. The topological polar surface area (TPSA) is 27.1 Å². The van der Waals surface area contributed by atoms with Gasteiger partial charge in [0.15, 0.2) is 0 Å². The Bertz CT molecular complexity index is 527. The molecule has 0 amide bonds. The van der Waals surface area contributed by atoms with E-state index in [1.54, 1.807) is 18.6 Å². The Kier molecular flexibility index (Phi) is 4.36. The van der Waals surface area contributed by atoms with Gasteiger partial charge in [0.25, 0.3) is 0 Å². The Morgan fingerprint density at radius 2 is 2.28 bits per heavy atom. The molecule has 0 saturated carbocycles. The lowest BCUT2D eigenvalue weighted by Gasteiger charge is -2.10. The quantitative estimate of drug-likeness (QED) is 0.840. The van der Waals surface area contributed by atoms with Crippen molar-refractivity contribution in [2.24, 2.45) is 0 Å². The van der Waals surface area contributed by atoms with Crippen LogP contribution in [0.15, 0.2) is 35.2 Å². The zero-order valence-corrected chi connectivity index (χ0v) is 11.7. The van der Waals surface area contributed by atoms with Crippen molar-refractivity contribution in [2.75, 3.05) is 0 Å². The first kappa shape index (κ1) is 13.1. The largest absolute Gasteiger partial charge is 0.486 e. The molecule has 1 heterocycles. The molecule has 0 bridgehead atoms. The third-order valence-electron chi connectivity index (χ3n) is 2.53. The van der Waals surface area contributed by atoms with Crippen molar-refractivity contribution in [3.05, 3.63) is 46.7 Å². The molecule has 3 nitrogen and oxygen atoms in total. The summed E-state index contributed by atoms with van der Waals surface area (Å²) in [6.45, 7) is 3.45. The van der Waals surface area contributed by atoms with E-state index in [4.69, 9.17) is 4.74 Å². The van der Waals surface area contributed by atoms with E-state index in [0.717, 1.165) is 18.7 Å². The molecule has 96 valence electrons. The fraction of sp³-hybridized carbons (Fsp3) is 0.308. The van der Waals surface area contributed by atoms with Crippen LogP contribution in [0.5, 0.6) is 5.75 Å². The summed E-state index contributed by atoms with van der Waals surface area (Å²) in [6, 6.07) is 4.38. The van der Waals surface area contributed by atoms with Crippen LogP contribution in [0.25, 0.3) is 0 Å². The van der Waals surface area contributed by atoms with E-state index in [2.05, 4.69) is 32.4 Å². The van der Waals surface area contributed by atoms with E-state index < -0.39 is 0 Å². The van der Waals surface area contributed by atoms with Crippen molar-refractivity contribution in [3.8, 4) is 5.75 Å². The minimum Gasteiger partial charge on any atom is -0.486 e. The van der Waals surface area contributed by atoms with Crippen LogP contribution < -0.4 is 4.74 Å². The van der Waals surface area contributed by atoms with Crippen LogP contribution >= 0.6 is 15.9 Å². The van der Waals surface area contributed by atoms with Crippen LogP contribution in [0.2, 0.25) is 0 Å². The number of hydrogen-bond acceptors (Lipinski definition) is 2. The second-order valence-corrected chi connectivity index (χ2v) is 4.80. The number of nitrogens with zero attached hydrogens (tertiary/aromatic N) is 2. The molecular weight excluding hydrogens is 299 g/mol. The van der Waals surface area contributed by atoms with Gasteiger partial charge in [-0.05, 0) is 40.5 Å². The highest BCUT2D eigenvalue weighted by Gasteiger charge is 2.06. The maximum absolute atomic E-state index is 12.9. The molecule has 1 aromatic carbocycles. The molecule has 0 aliphatic heterocycles. The zero-order chi connectivity index (χ0) is 13.0. The third-order valence-corrected chi connectivity index (χ3v) is 3.15. The van der Waals surface area contributed by atoms with Crippen molar-refractivity contribution in [2.45, 2.75) is 26.5 Å². The number of benzene rings is 1. The van der Waals surface area contributed by atoms with Gasteiger partial charge in [0.05, 0.1) is 22.7 Å². The summed E-state index contributed by atoms with van der Waals surface area (Å²) in [6.07, 6.45) is 4.62. The second kappa shape index (κ2) is 6.00. The number of hydrogen-bond donors (Lipinski definition) is 0. The summed E-state index contributed by atoms with van der Waals surface area (Å²) >= 11 is 3.27. The summed E-state index contributed by atoms with van der Waals surface area (Å²) in [4.78, 5) is 4.10. The van der Waals surface area contributed by atoms with E-state index in [-0.39, 0.29) is 5.82 Å². The van der Waals surface area contributed by atoms with E-state index >= 15 is 0 Å². The first-order valence-corrected chi connectivity index (χ1v) is 6.57. The number of ether oxygens (including phenoxy) is 1. The highest BCUT2D eigenvalue weighted by atomic mass is 79.9. The lowest BCUT2D eigenvalue weighted by molar-refractivity contribution is 0.292. The first-order chi connectivity index (χ1) is 8.70. The van der Waals surface area contributed by atoms with Crippen molar-refractivity contribution in [3.63, 3.8) is 0 Å². The predicted molar refractivity (Wildman–Crippen MR) is 71.0 cm³/mol. The average molecular weight is 313 g/mol. The Morgan fingerprint density at radius 1 is 1.44 bits per heavy atom. The van der Waals surface area contributed by atoms with E-state index in [1.165, 1.54) is 12.1 Å². The highest BCUT2D eigenvalue weighted by Crippen LogP contribution is 2.26. The van der Waals surface area contributed by atoms with Gasteiger partial charge in [0, 0.05) is 6.54 Å². The SMILES string of the molecule is CCCn1cncc1COc1ccc(F)cc1Br. The predicted octanol–water partition coefficient (Wildman–Crippen LogP) is 3.77. The Labute approximate surface area is 114 Å². The molecule has 0 aliphatic carbocycles. The zero-order valence-electron chi connectivity index (χ0n) is 10.1. The lowest BCUT2D eigenvalue weighted by Crippen LogP contribution is -2.05. The molecule has 1 aromatic heterocycles. The van der Waals surface area contributed by atoms with Crippen LogP contribution in [-0.2, 0) is 13.2 Å². The van der Waals surface area contributed by atoms with Crippen molar-refractivity contribution < 1.29 is 9.13 Å². The molecule has 0 fully saturated rings. The Morgan fingerprint density at radius 3 is 3.00 bits per heavy atom. The standard InChI is InChI=1S/C13H14BrFN2O/c1-2-5-17-9-16-7-11(17)8-18-13-4-3-10(15)6-12(13)14/h3-4,6-7,9H,2,5,8H2,1H3. The van der Waals surface area contributed by atoms with Crippen LogP contribution in [0, 0.1) is 5.82 Å². The summed E-state index contributed by atoms with van der Waals surface area (Å²) in [5, 5.41) is 0. The normalized spacial score (nSPS) is 10.6. The van der Waals surface area contributed by atoms with Gasteiger partial charge >= 0.3 is 0 Å². The summed E-state index contributed by atoms with van der Waals surface area (Å²) < 4.78 is 21.2. The third kappa shape index (κ3) is 3.10. The first-order valence-electron chi connectivity index (χ1n) is 5.77. The van der Waals surface area contributed by atoms with Gasteiger partial charge in [-0.1, -0.05) is 6.92 Å². The molecule has 0 aliphatic rings.